The highest BCUT2D eigenvalue weighted by atomic mass is 16.3. The molecule has 0 radical (unpaired) electrons. The number of carbonyl (C=O) groups is 1. The summed E-state index contributed by atoms with van der Waals surface area (Å²) in [5, 5.41) is 11.8. The molecule has 0 atom stereocenters. The van der Waals surface area contributed by atoms with Gasteiger partial charge in [-0.25, -0.2) is 0 Å². The highest BCUT2D eigenvalue weighted by Crippen LogP contribution is 2.15. The van der Waals surface area contributed by atoms with Crippen molar-refractivity contribution in [2.45, 2.75) is 13.8 Å². The van der Waals surface area contributed by atoms with E-state index >= 15 is 0 Å². The molecule has 100 valence electrons. The number of benzene rings is 1. The summed E-state index contributed by atoms with van der Waals surface area (Å²) in [7, 11) is 0. The molecule has 4 nitrogen and oxygen atoms in total. The molecule has 1 aromatic heterocycles. The van der Waals surface area contributed by atoms with Crippen LogP contribution in [0.25, 0.3) is 6.08 Å². The standard InChI is InChI=1S/C16H14N2O2/c1-11-6-12(2)8-14(7-11)18-16(19)13(10-17)9-15-4-3-5-20-15/h3-9H,1-2H3,(H,18,19)/b13-9-. The van der Waals surface area contributed by atoms with Crippen LogP contribution >= 0.6 is 0 Å². The Morgan fingerprint density at radius 3 is 2.55 bits per heavy atom. The second-order valence-electron chi connectivity index (χ2n) is 4.52. The van der Waals surface area contributed by atoms with Gasteiger partial charge in [0, 0.05) is 11.8 Å². The summed E-state index contributed by atoms with van der Waals surface area (Å²) in [6.45, 7) is 3.90. The van der Waals surface area contributed by atoms with Crippen molar-refractivity contribution in [3.63, 3.8) is 0 Å². The topological polar surface area (TPSA) is 66.0 Å². The number of hydrogen-bond acceptors (Lipinski definition) is 3. The molecule has 0 bridgehead atoms. The Hall–Kier alpha value is -2.80. The first kappa shape index (κ1) is 13.6. The molecular formula is C16H14N2O2. The molecule has 0 fully saturated rings. The maximum atomic E-state index is 12.0. The van der Waals surface area contributed by atoms with E-state index in [9.17, 15) is 4.79 Å². The first-order valence-electron chi connectivity index (χ1n) is 6.13. The maximum Gasteiger partial charge on any atom is 0.266 e. The van der Waals surface area contributed by atoms with Gasteiger partial charge >= 0.3 is 0 Å². The van der Waals surface area contributed by atoms with Gasteiger partial charge in [-0.15, -0.1) is 0 Å². The second kappa shape index (κ2) is 5.89. The zero-order valence-corrected chi connectivity index (χ0v) is 11.3. The monoisotopic (exact) mass is 266 g/mol. The molecule has 4 heteroatoms. The van der Waals surface area contributed by atoms with Crippen LogP contribution in [0.15, 0.2) is 46.6 Å². The van der Waals surface area contributed by atoms with E-state index < -0.39 is 5.91 Å². The number of aryl methyl sites for hydroxylation is 2. The van der Waals surface area contributed by atoms with Crippen molar-refractivity contribution in [2.75, 3.05) is 5.32 Å². The molecule has 1 amide bonds. The number of furan rings is 1. The summed E-state index contributed by atoms with van der Waals surface area (Å²) in [5.41, 5.74) is 2.77. The third kappa shape index (κ3) is 3.36. The number of rotatable bonds is 3. The minimum atomic E-state index is -0.450. The van der Waals surface area contributed by atoms with E-state index in [1.807, 2.05) is 38.1 Å². The molecule has 20 heavy (non-hydrogen) atoms. The summed E-state index contributed by atoms with van der Waals surface area (Å²) < 4.78 is 5.10. The molecule has 0 aliphatic rings. The Morgan fingerprint density at radius 2 is 2.00 bits per heavy atom. The minimum Gasteiger partial charge on any atom is -0.465 e. The number of carbonyl (C=O) groups excluding carboxylic acids is 1. The van der Waals surface area contributed by atoms with Gasteiger partial charge in [0.25, 0.3) is 5.91 Å². The molecule has 0 aliphatic carbocycles. The van der Waals surface area contributed by atoms with Crippen molar-refractivity contribution in [3.05, 3.63) is 59.1 Å². The quantitative estimate of drug-likeness (QED) is 0.683. The lowest BCUT2D eigenvalue weighted by Crippen LogP contribution is -2.13. The number of amides is 1. The first-order chi connectivity index (χ1) is 9.58. The van der Waals surface area contributed by atoms with Gasteiger partial charge in [-0.05, 0) is 49.2 Å². The van der Waals surface area contributed by atoms with Crippen molar-refractivity contribution >= 4 is 17.7 Å². The SMILES string of the molecule is Cc1cc(C)cc(NC(=O)/C(C#N)=C\c2ccco2)c1. The fourth-order valence-electron chi connectivity index (χ4n) is 1.91. The second-order valence-corrected chi connectivity index (χ2v) is 4.52. The molecule has 0 spiro atoms. The number of anilines is 1. The Kier molecular flexibility index (Phi) is 4.02. The van der Waals surface area contributed by atoms with Gasteiger partial charge in [-0.1, -0.05) is 6.07 Å². The average molecular weight is 266 g/mol. The lowest BCUT2D eigenvalue weighted by molar-refractivity contribution is -0.112. The summed E-state index contributed by atoms with van der Waals surface area (Å²) >= 11 is 0. The van der Waals surface area contributed by atoms with Crippen molar-refractivity contribution in [3.8, 4) is 6.07 Å². The molecule has 1 N–H and O–H groups in total. The third-order valence-corrected chi connectivity index (χ3v) is 2.67. The molecule has 2 aromatic rings. The van der Waals surface area contributed by atoms with Crippen LogP contribution in [0, 0.1) is 25.2 Å². The van der Waals surface area contributed by atoms with Gasteiger partial charge in [-0.2, -0.15) is 5.26 Å². The third-order valence-electron chi connectivity index (χ3n) is 2.67. The Morgan fingerprint density at radius 1 is 1.30 bits per heavy atom. The van der Waals surface area contributed by atoms with Gasteiger partial charge in [0.2, 0.25) is 0 Å². The normalized spacial score (nSPS) is 10.9. The molecule has 1 heterocycles. The minimum absolute atomic E-state index is 0.000825. The summed E-state index contributed by atoms with van der Waals surface area (Å²) in [6.07, 6.45) is 2.90. The van der Waals surface area contributed by atoms with Crippen LogP contribution < -0.4 is 5.32 Å². The zero-order chi connectivity index (χ0) is 14.5. The fraction of sp³-hybridized carbons (Fsp3) is 0.125. The Balaban J connectivity index is 2.20. The summed E-state index contributed by atoms with van der Waals surface area (Å²) in [5.74, 6) is 0.0195. The van der Waals surface area contributed by atoms with Crippen LogP contribution in [0.5, 0.6) is 0 Å². The van der Waals surface area contributed by atoms with Gasteiger partial charge in [0.05, 0.1) is 6.26 Å². The van der Waals surface area contributed by atoms with Crippen molar-refractivity contribution in [1.82, 2.24) is 0 Å². The van der Waals surface area contributed by atoms with E-state index in [1.165, 1.54) is 12.3 Å². The van der Waals surface area contributed by atoms with E-state index in [4.69, 9.17) is 9.68 Å². The molecule has 1 aromatic carbocycles. The van der Waals surface area contributed by atoms with Crippen molar-refractivity contribution < 1.29 is 9.21 Å². The van der Waals surface area contributed by atoms with E-state index in [0.29, 0.717) is 11.4 Å². The number of nitrogens with one attached hydrogen (secondary N) is 1. The van der Waals surface area contributed by atoms with E-state index in [2.05, 4.69) is 5.32 Å². The highest BCUT2D eigenvalue weighted by molar-refractivity contribution is 6.09. The maximum absolute atomic E-state index is 12.0. The van der Waals surface area contributed by atoms with Gasteiger partial charge in [-0.3, -0.25) is 4.79 Å². The predicted molar refractivity (Wildman–Crippen MR) is 76.8 cm³/mol. The van der Waals surface area contributed by atoms with Crippen LogP contribution in [0.4, 0.5) is 5.69 Å². The number of hydrogen-bond donors (Lipinski definition) is 1. The molecule has 2 rings (SSSR count). The largest absolute Gasteiger partial charge is 0.465 e. The lowest BCUT2D eigenvalue weighted by Gasteiger charge is -2.06. The van der Waals surface area contributed by atoms with Gasteiger partial charge in [0.1, 0.15) is 17.4 Å². The zero-order valence-electron chi connectivity index (χ0n) is 11.3. The highest BCUT2D eigenvalue weighted by Gasteiger charge is 2.10. The van der Waals surface area contributed by atoms with Crippen LogP contribution in [0.2, 0.25) is 0 Å². The average Bonchev–Trinajstić information content (AvgIpc) is 2.87. The fourth-order valence-corrected chi connectivity index (χ4v) is 1.91. The molecular weight excluding hydrogens is 252 g/mol. The molecule has 0 saturated heterocycles. The molecule has 0 unspecified atom stereocenters. The van der Waals surface area contributed by atoms with E-state index in [0.717, 1.165) is 11.1 Å². The van der Waals surface area contributed by atoms with Crippen LogP contribution in [0.1, 0.15) is 16.9 Å². The van der Waals surface area contributed by atoms with Crippen LogP contribution in [-0.2, 0) is 4.79 Å². The number of nitrogens with zero attached hydrogens (tertiary/aromatic N) is 1. The Bertz CT molecular complexity index is 672. The van der Waals surface area contributed by atoms with E-state index in [-0.39, 0.29) is 5.57 Å². The summed E-state index contributed by atoms with van der Waals surface area (Å²) in [4.78, 5) is 12.0. The van der Waals surface area contributed by atoms with Gasteiger partial charge < -0.3 is 9.73 Å². The van der Waals surface area contributed by atoms with Crippen molar-refractivity contribution in [1.29, 1.82) is 5.26 Å². The molecule has 0 saturated carbocycles. The first-order valence-corrected chi connectivity index (χ1v) is 6.13. The molecule has 0 aliphatic heterocycles. The van der Waals surface area contributed by atoms with Gasteiger partial charge in [0.15, 0.2) is 0 Å². The Labute approximate surface area is 117 Å². The predicted octanol–water partition coefficient (Wildman–Crippen LogP) is 3.44. The van der Waals surface area contributed by atoms with Crippen molar-refractivity contribution in [2.24, 2.45) is 0 Å². The smallest absolute Gasteiger partial charge is 0.266 e. The van der Waals surface area contributed by atoms with Crippen LogP contribution in [-0.4, -0.2) is 5.91 Å². The van der Waals surface area contributed by atoms with E-state index in [1.54, 1.807) is 12.1 Å². The lowest BCUT2D eigenvalue weighted by atomic mass is 10.1. The number of nitriles is 1. The van der Waals surface area contributed by atoms with Crippen LogP contribution in [0.3, 0.4) is 0 Å². The summed E-state index contributed by atoms with van der Waals surface area (Å²) in [6, 6.07) is 11.0.